The third-order valence-corrected chi connectivity index (χ3v) is 8.24. The minimum Gasteiger partial charge on any atom is -0.394 e. The first-order valence-corrected chi connectivity index (χ1v) is 14.1. The van der Waals surface area contributed by atoms with Crippen molar-refractivity contribution >= 4 is 0 Å². The van der Waals surface area contributed by atoms with Crippen LogP contribution < -0.4 is 0 Å². The molecular weight excluding hydrogens is 624 g/mol. The molecule has 19 atom stereocenters. The average molecular weight is 667 g/mol. The van der Waals surface area contributed by atoms with Gasteiger partial charge in [-0.15, -0.1) is 0 Å². The van der Waals surface area contributed by atoms with Crippen molar-refractivity contribution < 1.29 is 105 Å². The van der Waals surface area contributed by atoms with E-state index in [4.69, 9.17) is 33.2 Å². The van der Waals surface area contributed by atoms with Crippen molar-refractivity contribution in [2.24, 2.45) is 0 Å². The minimum absolute atomic E-state index is 0.729. The fourth-order valence-electron chi connectivity index (χ4n) is 5.40. The number of hydrogen-bond donors (Lipinski definition) is 14. The molecule has 0 bridgehead atoms. The zero-order chi connectivity index (χ0) is 33.4. The maximum absolute atomic E-state index is 10.9. The predicted octanol–water partition coefficient (Wildman–Crippen LogP) is -9.75. The highest BCUT2D eigenvalue weighted by atomic mass is 16.8. The second kappa shape index (κ2) is 15.1. The Morgan fingerprint density at radius 3 is 1.33 bits per heavy atom. The van der Waals surface area contributed by atoms with E-state index < -0.39 is 149 Å². The molecule has 4 heterocycles. The lowest BCUT2D eigenvalue weighted by Gasteiger charge is -2.45. The number of rotatable bonds is 11. The molecule has 45 heavy (non-hydrogen) atoms. The maximum Gasteiger partial charge on any atom is 0.224 e. The van der Waals surface area contributed by atoms with Crippen LogP contribution >= 0.6 is 0 Å². The highest BCUT2D eigenvalue weighted by Crippen LogP contribution is 2.38. The molecule has 0 aliphatic carbocycles. The lowest BCUT2D eigenvalue weighted by molar-refractivity contribution is -0.399. The van der Waals surface area contributed by atoms with Gasteiger partial charge in [-0.05, 0) is 0 Å². The maximum atomic E-state index is 10.9. The Kier molecular flexibility index (Phi) is 12.5. The van der Waals surface area contributed by atoms with Gasteiger partial charge < -0.3 is 105 Å². The molecule has 0 amide bonds. The summed E-state index contributed by atoms with van der Waals surface area (Å²) in [6.45, 7) is -4.15. The standard InChI is InChI=1S/C24H42O21/c25-1-6-10(28)14(32)17(35)21(41-6)39-4-9-12(30)16(34)19(37)23(43-9)45-24(20(38)13(31)8(3-27)44-24)5-40-22-18(36)15(33)11(29)7(2-26)42-22/h6-23,25-38H,1-5H2/t6-,7-,8-,9-,10+,11+,12-,13+,14-,15-,16-,17-,18-,19-,20+,21-,22+,23-,24+/m1/s1. The number of aliphatic hydroxyl groups is 14. The third-order valence-electron chi connectivity index (χ3n) is 8.24. The summed E-state index contributed by atoms with van der Waals surface area (Å²) in [7, 11) is 0. The van der Waals surface area contributed by atoms with Gasteiger partial charge in [-0.2, -0.15) is 0 Å². The van der Waals surface area contributed by atoms with Crippen molar-refractivity contribution in [2.45, 2.75) is 116 Å². The van der Waals surface area contributed by atoms with Crippen LogP contribution in [-0.2, 0) is 33.2 Å². The summed E-state index contributed by atoms with van der Waals surface area (Å²) in [6, 6.07) is 0. The fourth-order valence-corrected chi connectivity index (χ4v) is 5.40. The normalized spacial score (nSPS) is 52.7. The highest BCUT2D eigenvalue weighted by molar-refractivity contribution is 5.00. The van der Waals surface area contributed by atoms with Crippen LogP contribution in [0.2, 0.25) is 0 Å². The van der Waals surface area contributed by atoms with E-state index in [-0.39, 0.29) is 0 Å². The largest absolute Gasteiger partial charge is 0.394 e. The Morgan fingerprint density at radius 2 is 0.867 bits per heavy atom. The predicted molar refractivity (Wildman–Crippen MR) is 134 cm³/mol. The molecule has 264 valence electrons. The van der Waals surface area contributed by atoms with Gasteiger partial charge in [-0.25, -0.2) is 0 Å². The van der Waals surface area contributed by atoms with Crippen LogP contribution in [0.3, 0.4) is 0 Å². The van der Waals surface area contributed by atoms with Crippen molar-refractivity contribution in [1.29, 1.82) is 0 Å². The highest BCUT2D eigenvalue weighted by Gasteiger charge is 2.60. The van der Waals surface area contributed by atoms with Gasteiger partial charge in [0.1, 0.15) is 98.2 Å². The third kappa shape index (κ3) is 7.29. The van der Waals surface area contributed by atoms with Gasteiger partial charge in [-0.1, -0.05) is 0 Å². The Hall–Kier alpha value is -0.840. The summed E-state index contributed by atoms with van der Waals surface area (Å²) in [5, 5.41) is 142. The van der Waals surface area contributed by atoms with Gasteiger partial charge in [0, 0.05) is 0 Å². The Morgan fingerprint density at radius 1 is 0.444 bits per heavy atom. The van der Waals surface area contributed by atoms with Gasteiger partial charge in [0.15, 0.2) is 18.9 Å². The van der Waals surface area contributed by atoms with E-state index in [1.54, 1.807) is 0 Å². The first-order chi connectivity index (χ1) is 21.2. The zero-order valence-electron chi connectivity index (χ0n) is 23.5. The molecule has 0 aromatic heterocycles. The molecule has 0 unspecified atom stereocenters. The molecule has 0 aromatic rings. The van der Waals surface area contributed by atoms with Crippen LogP contribution in [0.4, 0.5) is 0 Å². The lowest BCUT2D eigenvalue weighted by Crippen LogP contribution is -2.64. The van der Waals surface area contributed by atoms with Crippen molar-refractivity contribution in [3.8, 4) is 0 Å². The smallest absolute Gasteiger partial charge is 0.224 e. The van der Waals surface area contributed by atoms with Crippen molar-refractivity contribution in [1.82, 2.24) is 0 Å². The lowest BCUT2D eigenvalue weighted by atomic mass is 9.98. The van der Waals surface area contributed by atoms with Crippen LogP contribution in [0.15, 0.2) is 0 Å². The van der Waals surface area contributed by atoms with Crippen molar-refractivity contribution in [2.75, 3.05) is 33.0 Å². The van der Waals surface area contributed by atoms with E-state index >= 15 is 0 Å². The van der Waals surface area contributed by atoms with Crippen LogP contribution in [0, 0.1) is 0 Å². The van der Waals surface area contributed by atoms with Gasteiger partial charge >= 0.3 is 0 Å². The molecule has 4 rings (SSSR count). The molecule has 0 aromatic carbocycles. The van der Waals surface area contributed by atoms with E-state index in [0.29, 0.717) is 0 Å². The minimum atomic E-state index is -2.57. The summed E-state index contributed by atoms with van der Waals surface area (Å²) >= 11 is 0. The topological polar surface area (TPSA) is 348 Å². The zero-order valence-corrected chi connectivity index (χ0v) is 23.5. The average Bonchev–Trinajstić information content (AvgIpc) is 3.27. The van der Waals surface area contributed by atoms with Gasteiger partial charge in [0.25, 0.3) is 0 Å². The summed E-state index contributed by atoms with van der Waals surface area (Å²) in [5.41, 5.74) is 0. The van der Waals surface area contributed by atoms with E-state index in [1.807, 2.05) is 0 Å². The van der Waals surface area contributed by atoms with Crippen LogP contribution in [0.5, 0.6) is 0 Å². The van der Waals surface area contributed by atoms with Crippen LogP contribution in [0.25, 0.3) is 0 Å². The second-order valence-electron chi connectivity index (χ2n) is 11.3. The number of hydrogen-bond acceptors (Lipinski definition) is 21. The quantitative estimate of drug-likeness (QED) is 0.0973. The second-order valence-corrected chi connectivity index (χ2v) is 11.3. The first kappa shape index (κ1) is 37.0. The van der Waals surface area contributed by atoms with Crippen LogP contribution in [-0.4, -0.2) is 221 Å². The van der Waals surface area contributed by atoms with E-state index in [1.165, 1.54) is 0 Å². The molecule has 21 heteroatoms. The Balaban J connectivity index is 1.50. The molecule has 0 radical (unpaired) electrons. The monoisotopic (exact) mass is 666 g/mol. The summed E-state index contributed by atoms with van der Waals surface area (Å²) in [5.74, 6) is -2.57. The van der Waals surface area contributed by atoms with Gasteiger partial charge in [-0.3, -0.25) is 0 Å². The van der Waals surface area contributed by atoms with Crippen molar-refractivity contribution in [3.63, 3.8) is 0 Å². The Labute approximate surface area is 254 Å². The van der Waals surface area contributed by atoms with E-state index in [9.17, 15) is 71.5 Å². The van der Waals surface area contributed by atoms with Crippen molar-refractivity contribution in [3.05, 3.63) is 0 Å². The molecule has 21 nitrogen and oxygen atoms in total. The Bertz CT molecular complexity index is 929. The molecule has 4 aliphatic heterocycles. The van der Waals surface area contributed by atoms with E-state index in [2.05, 4.69) is 0 Å². The molecule has 0 saturated carbocycles. The number of ether oxygens (including phenoxy) is 7. The number of aliphatic hydroxyl groups excluding tert-OH is 14. The van der Waals surface area contributed by atoms with Gasteiger partial charge in [0.05, 0.1) is 26.4 Å². The molecular formula is C24H42O21. The SMILES string of the molecule is OC[C@H]1O[C@@H](OC[C@H]2O[C@H](O[C@]3(CO[C@H]4O[C@H](CO)[C@H](O)[C@@H](O)[C@H]4O)O[C@H](CO)[C@H](O)[C@@H]3O)[C@H](O)[C@H](O)[C@@H]2O)[C@H](O)[C@H](O)[C@H]1O. The summed E-state index contributed by atoms with van der Waals surface area (Å²) < 4.78 is 38.0. The van der Waals surface area contributed by atoms with Crippen LogP contribution in [0.1, 0.15) is 0 Å². The molecule has 4 saturated heterocycles. The molecule has 4 fully saturated rings. The molecule has 14 N–H and O–H groups in total. The first-order valence-electron chi connectivity index (χ1n) is 14.1. The summed E-state index contributed by atoms with van der Waals surface area (Å²) in [4.78, 5) is 0. The molecule has 0 spiro atoms. The fraction of sp³-hybridized carbons (Fsp3) is 1.00. The summed E-state index contributed by atoms with van der Waals surface area (Å²) in [6.07, 6.45) is -32.0. The van der Waals surface area contributed by atoms with E-state index in [0.717, 1.165) is 0 Å². The molecule has 4 aliphatic rings. The van der Waals surface area contributed by atoms with Gasteiger partial charge in [0.2, 0.25) is 5.79 Å².